The molecule has 3 N–H and O–H groups in total. The summed E-state index contributed by atoms with van der Waals surface area (Å²) in [7, 11) is 0. The monoisotopic (exact) mass is 299 g/mol. The summed E-state index contributed by atoms with van der Waals surface area (Å²) in [5.41, 5.74) is 0. The molecule has 1 fully saturated rings. The van der Waals surface area contributed by atoms with Crippen molar-refractivity contribution in [2.45, 2.75) is 39.7 Å². The van der Waals surface area contributed by atoms with Crippen LogP contribution in [0.4, 0.5) is 4.79 Å². The lowest BCUT2D eigenvalue weighted by Gasteiger charge is -2.22. The van der Waals surface area contributed by atoms with Crippen molar-refractivity contribution >= 4 is 17.9 Å². The first kappa shape index (κ1) is 17.4. The molecule has 1 heterocycles. The smallest absolute Gasteiger partial charge is 0.321 e. The van der Waals surface area contributed by atoms with Crippen LogP contribution < -0.4 is 10.6 Å². The summed E-state index contributed by atoms with van der Waals surface area (Å²) in [5.74, 6) is -0.912. The lowest BCUT2D eigenvalue weighted by molar-refractivity contribution is -0.143. The lowest BCUT2D eigenvalue weighted by Crippen LogP contribution is -2.48. The Labute approximate surface area is 125 Å². The number of nitrogens with zero attached hydrogens (tertiary/aromatic N) is 1. The molecule has 21 heavy (non-hydrogen) atoms. The Hall–Kier alpha value is -1.63. The average molecular weight is 299 g/mol. The molecule has 7 heteroatoms. The van der Waals surface area contributed by atoms with Crippen molar-refractivity contribution in [2.24, 2.45) is 11.8 Å². The molecule has 1 aliphatic heterocycles. The molecule has 1 saturated heterocycles. The van der Waals surface area contributed by atoms with E-state index in [2.05, 4.69) is 10.6 Å². The van der Waals surface area contributed by atoms with Crippen LogP contribution in [0.25, 0.3) is 0 Å². The maximum Gasteiger partial charge on any atom is 0.321 e. The third-order valence-electron chi connectivity index (χ3n) is 3.66. The Morgan fingerprint density at radius 3 is 2.57 bits per heavy atom. The van der Waals surface area contributed by atoms with E-state index in [1.54, 1.807) is 4.90 Å². The van der Waals surface area contributed by atoms with Gasteiger partial charge in [0.15, 0.2) is 0 Å². The summed E-state index contributed by atoms with van der Waals surface area (Å²) in [5, 5.41) is 14.0. The number of nitrogens with one attached hydrogen (secondary N) is 2. The van der Waals surface area contributed by atoms with E-state index < -0.39 is 23.9 Å². The predicted octanol–water partition coefficient (Wildman–Crippen LogP) is 0.653. The molecule has 2 unspecified atom stereocenters. The Morgan fingerprint density at radius 1 is 1.33 bits per heavy atom. The number of carboxylic acids is 1. The van der Waals surface area contributed by atoms with Gasteiger partial charge in [-0.3, -0.25) is 19.8 Å². The minimum atomic E-state index is -0.922. The molecule has 0 aromatic carbocycles. The summed E-state index contributed by atoms with van der Waals surface area (Å²) >= 11 is 0. The first-order valence-electron chi connectivity index (χ1n) is 7.35. The fraction of sp³-hybridized carbons (Fsp3) is 0.786. The molecule has 3 amide bonds. The zero-order valence-corrected chi connectivity index (χ0v) is 12.9. The van der Waals surface area contributed by atoms with Crippen LogP contribution in [-0.2, 0) is 9.59 Å². The van der Waals surface area contributed by atoms with Crippen molar-refractivity contribution < 1.29 is 19.5 Å². The number of urea groups is 1. The van der Waals surface area contributed by atoms with Crippen LogP contribution in [0.3, 0.4) is 0 Å². The fourth-order valence-electron chi connectivity index (χ4n) is 2.47. The molecule has 0 bridgehead atoms. The van der Waals surface area contributed by atoms with Gasteiger partial charge in [-0.15, -0.1) is 0 Å². The van der Waals surface area contributed by atoms with Crippen LogP contribution >= 0.6 is 0 Å². The maximum absolute atomic E-state index is 11.8. The normalized spacial score (nSPS) is 22.3. The van der Waals surface area contributed by atoms with Crippen molar-refractivity contribution in [2.75, 3.05) is 19.6 Å². The van der Waals surface area contributed by atoms with Crippen LogP contribution in [0.15, 0.2) is 0 Å². The Kier molecular flexibility index (Phi) is 6.61. The Bertz CT molecular complexity index is 398. The van der Waals surface area contributed by atoms with E-state index in [4.69, 9.17) is 5.11 Å². The summed E-state index contributed by atoms with van der Waals surface area (Å²) in [6, 6.07) is -1.18. The van der Waals surface area contributed by atoms with Crippen molar-refractivity contribution in [3.63, 3.8) is 0 Å². The molecule has 0 aromatic rings. The number of hydrogen-bond donors (Lipinski definition) is 3. The standard InChI is InChI=1S/C14H25N3O4/c1-9(2)4-6-15-14(21)16-11(18)8-17-7-5-10(3)12(17)13(19)20/h9-10,12H,4-8H2,1-3H3,(H,19,20)(H2,15,16,18,21). The van der Waals surface area contributed by atoms with E-state index in [0.29, 0.717) is 19.0 Å². The topological polar surface area (TPSA) is 98.7 Å². The van der Waals surface area contributed by atoms with Gasteiger partial charge in [0, 0.05) is 6.54 Å². The molecule has 1 aliphatic rings. The summed E-state index contributed by atoms with van der Waals surface area (Å²) in [6.45, 7) is 6.95. The molecule has 0 spiro atoms. The zero-order valence-electron chi connectivity index (χ0n) is 12.9. The van der Waals surface area contributed by atoms with Gasteiger partial charge in [0.05, 0.1) is 6.54 Å². The van der Waals surface area contributed by atoms with E-state index >= 15 is 0 Å². The fourth-order valence-corrected chi connectivity index (χ4v) is 2.47. The first-order chi connectivity index (χ1) is 9.81. The largest absolute Gasteiger partial charge is 0.480 e. The highest BCUT2D eigenvalue weighted by Crippen LogP contribution is 2.23. The van der Waals surface area contributed by atoms with Gasteiger partial charge in [-0.2, -0.15) is 0 Å². The second kappa shape index (κ2) is 7.97. The average Bonchev–Trinajstić information content (AvgIpc) is 2.69. The van der Waals surface area contributed by atoms with Crippen LogP contribution in [0.1, 0.15) is 33.6 Å². The zero-order chi connectivity index (χ0) is 16.0. The van der Waals surface area contributed by atoms with Gasteiger partial charge >= 0.3 is 12.0 Å². The SMILES string of the molecule is CC(C)CCNC(=O)NC(=O)CN1CCC(C)C1C(=O)O. The summed E-state index contributed by atoms with van der Waals surface area (Å²) in [6.07, 6.45) is 1.58. The molecule has 0 aromatic heterocycles. The van der Waals surface area contributed by atoms with Gasteiger partial charge in [0.2, 0.25) is 5.91 Å². The van der Waals surface area contributed by atoms with E-state index in [1.807, 2.05) is 20.8 Å². The number of aliphatic carboxylic acids is 1. The van der Waals surface area contributed by atoms with Gasteiger partial charge in [-0.25, -0.2) is 4.79 Å². The molecule has 0 radical (unpaired) electrons. The van der Waals surface area contributed by atoms with Crippen molar-refractivity contribution in [3.05, 3.63) is 0 Å². The van der Waals surface area contributed by atoms with Gasteiger partial charge < -0.3 is 10.4 Å². The molecule has 2 atom stereocenters. The van der Waals surface area contributed by atoms with Crippen LogP contribution in [0.5, 0.6) is 0 Å². The molecular weight excluding hydrogens is 274 g/mol. The van der Waals surface area contributed by atoms with Gasteiger partial charge in [0.25, 0.3) is 0 Å². The number of amides is 3. The van der Waals surface area contributed by atoms with Crippen LogP contribution in [0, 0.1) is 11.8 Å². The first-order valence-corrected chi connectivity index (χ1v) is 7.35. The number of hydrogen-bond acceptors (Lipinski definition) is 4. The lowest BCUT2D eigenvalue weighted by atomic mass is 10.0. The molecule has 0 aliphatic carbocycles. The number of rotatable bonds is 6. The summed E-state index contributed by atoms with van der Waals surface area (Å²) < 4.78 is 0. The quantitative estimate of drug-likeness (QED) is 0.669. The second-order valence-corrected chi connectivity index (χ2v) is 6.01. The number of imide groups is 1. The van der Waals surface area contributed by atoms with E-state index in [1.165, 1.54) is 0 Å². The minimum Gasteiger partial charge on any atom is -0.480 e. The summed E-state index contributed by atoms with van der Waals surface area (Å²) in [4.78, 5) is 36.1. The molecule has 0 saturated carbocycles. The number of carboxylic acid groups (broad SMARTS) is 1. The predicted molar refractivity (Wildman–Crippen MR) is 77.8 cm³/mol. The molecule has 1 rings (SSSR count). The Balaban J connectivity index is 2.36. The van der Waals surface area contributed by atoms with Crippen LogP contribution in [-0.4, -0.2) is 53.6 Å². The number of likely N-dealkylation sites (tertiary alicyclic amines) is 1. The van der Waals surface area contributed by atoms with Crippen molar-refractivity contribution in [1.82, 2.24) is 15.5 Å². The van der Waals surface area contributed by atoms with Crippen molar-refractivity contribution in [3.8, 4) is 0 Å². The highest BCUT2D eigenvalue weighted by atomic mass is 16.4. The van der Waals surface area contributed by atoms with E-state index in [9.17, 15) is 14.4 Å². The van der Waals surface area contributed by atoms with E-state index in [-0.39, 0.29) is 12.5 Å². The number of carbonyl (C=O) groups is 3. The third kappa shape index (κ3) is 5.71. The maximum atomic E-state index is 11.8. The second-order valence-electron chi connectivity index (χ2n) is 6.01. The van der Waals surface area contributed by atoms with Gasteiger partial charge in [-0.05, 0) is 31.2 Å². The van der Waals surface area contributed by atoms with Crippen molar-refractivity contribution in [1.29, 1.82) is 0 Å². The molecular formula is C14H25N3O4. The van der Waals surface area contributed by atoms with E-state index in [0.717, 1.165) is 12.8 Å². The minimum absolute atomic E-state index is 0.00942. The highest BCUT2D eigenvalue weighted by molar-refractivity contribution is 5.95. The molecule has 120 valence electrons. The third-order valence-corrected chi connectivity index (χ3v) is 3.66. The Morgan fingerprint density at radius 2 is 2.00 bits per heavy atom. The van der Waals surface area contributed by atoms with Crippen LogP contribution in [0.2, 0.25) is 0 Å². The molecule has 7 nitrogen and oxygen atoms in total. The van der Waals surface area contributed by atoms with Gasteiger partial charge in [0.1, 0.15) is 6.04 Å². The number of carbonyl (C=O) groups excluding carboxylic acids is 2. The van der Waals surface area contributed by atoms with Gasteiger partial charge in [-0.1, -0.05) is 20.8 Å². The highest BCUT2D eigenvalue weighted by Gasteiger charge is 2.37.